The van der Waals surface area contributed by atoms with E-state index in [1.54, 1.807) is 55.5 Å². The summed E-state index contributed by atoms with van der Waals surface area (Å²) in [5, 5.41) is 5.66. The number of anilines is 3. The van der Waals surface area contributed by atoms with Gasteiger partial charge in [0.15, 0.2) is 0 Å². The molecule has 3 aromatic carbocycles. The monoisotopic (exact) mass is 473 g/mol. The Bertz CT molecular complexity index is 1230. The maximum absolute atomic E-state index is 12.7. The van der Waals surface area contributed by atoms with Gasteiger partial charge in [-0.1, -0.05) is 23.7 Å². The molecule has 32 heavy (non-hydrogen) atoms. The van der Waals surface area contributed by atoms with Gasteiger partial charge in [0.2, 0.25) is 0 Å². The summed E-state index contributed by atoms with van der Waals surface area (Å²) in [5.41, 5.74) is 1.30. The first-order chi connectivity index (χ1) is 15.3. The Kier molecular flexibility index (Phi) is 7.34. The maximum atomic E-state index is 12.7. The molecule has 0 aromatic heterocycles. The molecule has 0 saturated carbocycles. The second kappa shape index (κ2) is 10.2. The molecule has 0 aliphatic rings. The number of ether oxygens (including phenoxy) is 1. The third-order valence-electron chi connectivity index (χ3n) is 4.15. The van der Waals surface area contributed by atoms with Gasteiger partial charge in [0.1, 0.15) is 0 Å². The summed E-state index contributed by atoms with van der Waals surface area (Å²) in [7, 11) is -3.88. The maximum Gasteiger partial charge on any atom is 0.411 e. The molecule has 166 valence electrons. The average Bonchev–Trinajstić information content (AvgIpc) is 2.76. The van der Waals surface area contributed by atoms with Crippen LogP contribution in [-0.2, 0) is 14.8 Å². The molecule has 0 unspecified atom stereocenters. The lowest BCUT2D eigenvalue weighted by molar-refractivity contribution is 0.102. The Morgan fingerprint density at radius 1 is 0.875 bits per heavy atom. The van der Waals surface area contributed by atoms with E-state index in [9.17, 15) is 18.0 Å². The van der Waals surface area contributed by atoms with Crippen LogP contribution in [0.4, 0.5) is 21.9 Å². The summed E-state index contributed by atoms with van der Waals surface area (Å²) in [5.74, 6) is -0.474. The second-order valence-corrected chi connectivity index (χ2v) is 8.64. The predicted octanol–water partition coefficient (Wildman–Crippen LogP) is 4.96. The molecule has 2 amide bonds. The van der Waals surface area contributed by atoms with E-state index < -0.39 is 22.0 Å². The average molecular weight is 474 g/mol. The van der Waals surface area contributed by atoms with Crippen molar-refractivity contribution >= 4 is 50.7 Å². The van der Waals surface area contributed by atoms with Gasteiger partial charge < -0.3 is 10.1 Å². The van der Waals surface area contributed by atoms with Crippen molar-refractivity contribution in [2.24, 2.45) is 0 Å². The molecule has 0 atom stereocenters. The highest BCUT2D eigenvalue weighted by Gasteiger charge is 2.16. The molecule has 0 spiro atoms. The van der Waals surface area contributed by atoms with Crippen LogP contribution in [0.1, 0.15) is 17.3 Å². The van der Waals surface area contributed by atoms with Crippen LogP contribution in [0, 0.1) is 0 Å². The molecular weight excluding hydrogens is 454 g/mol. The third kappa shape index (κ3) is 6.22. The van der Waals surface area contributed by atoms with E-state index in [-0.39, 0.29) is 22.8 Å². The summed E-state index contributed by atoms with van der Waals surface area (Å²) in [6, 6.07) is 18.3. The van der Waals surface area contributed by atoms with Gasteiger partial charge in [0.05, 0.1) is 11.5 Å². The van der Waals surface area contributed by atoms with Gasteiger partial charge in [-0.25, -0.2) is 13.2 Å². The van der Waals surface area contributed by atoms with E-state index in [2.05, 4.69) is 15.4 Å². The first-order valence-corrected chi connectivity index (χ1v) is 11.4. The zero-order chi connectivity index (χ0) is 23.1. The lowest BCUT2D eigenvalue weighted by Crippen LogP contribution is -2.16. The number of benzene rings is 3. The SMILES string of the molecule is CCOC(=O)Nc1cccc(C(=O)Nc2cccc(S(=O)(=O)Nc3ccc(Cl)cc3)c2)c1. The Morgan fingerprint density at radius 3 is 2.22 bits per heavy atom. The van der Waals surface area contributed by atoms with Gasteiger partial charge in [-0.2, -0.15) is 0 Å². The Morgan fingerprint density at radius 2 is 1.53 bits per heavy atom. The van der Waals surface area contributed by atoms with Gasteiger partial charge >= 0.3 is 6.09 Å². The second-order valence-electron chi connectivity index (χ2n) is 6.52. The molecule has 0 saturated heterocycles. The van der Waals surface area contributed by atoms with E-state index in [0.717, 1.165) is 0 Å². The first kappa shape index (κ1) is 23.1. The Hall–Kier alpha value is -3.56. The quantitative estimate of drug-likeness (QED) is 0.448. The minimum absolute atomic E-state index is 0.0250. The van der Waals surface area contributed by atoms with Crippen molar-refractivity contribution in [3.8, 4) is 0 Å². The minimum atomic E-state index is -3.88. The molecule has 8 nitrogen and oxygen atoms in total. The molecular formula is C22H20ClN3O5S. The number of sulfonamides is 1. The third-order valence-corrected chi connectivity index (χ3v) is 5.78. The Labute approximate surface area is 190 Å². The number of hydrogen-bond donors (Lipinski definition) is 3. The van der Waals surface area contributed by atoms with Gasteiger partial charge in [0.25, 0.3) is 15.9 Å². The molecule has 0 radical (unpaired) electrons. The molecule has 3 rings (SSSR count). The van der Waals surface area contributed by atoms with Gasteiger partial charge in [-0.05, 0) is 67.6 Å². The summed E-state index contributed by atoms with van der Waals surface area (Å²) in [6.07, 6.45) is -0.629. The smallest absolute Gasteiger partial charge is 0.411 e. The normalized spacial score (nSPS) is 10.8. The minimum Gasteiger partial charge on any atom is -0.450 e. The summed E-state index contributed by atoms with van der Waals surface area (Å²) >= 11 is 5.82. The van der Waals surface area contributed by atoms with Crippen molar-refractivity contribution in [1.29, 1.82) is 0 Å². The van der Waals surface area contributed by atoms with Crippen LogP contribution >= 0.6 is 11.6 Å². The summed E-state index contributed by atoms with van der Waals surface area (Å²) in [6.45, 7) is 1.90. The van der Waals surface area contributed by atoms with Crippen molar-refractivity contribution < 1.29 is 22.7 Å². The molecule has 10 heteroatoms. The lowest BCUT2D eigenvalue weighted by Gasteiger charge is -2.11. The van der Waals surface area contributed by atoms with Crippen LogP contribution in [0.3, 0.4) is 0 Å². The van der Waals surface area contributed by atoms with Crippen LogP contribution in [0.2, 0.25) is 5.02 Å². The molecule has 0 aliphatic carbocycles. The van der Waals surface area contributed by atoms with Crippen molar-refractivity contribution in [2.75, 3.05) is 22.0 Å². The molecule has 3 N–H and O–H groups in total. The van der Waals surface area contributed by atoms with E-state index in [4.69, 9.17) is 16.3 Å². The molecule has 3 aromatic rings. The number of rotatable bonds is 7. The molecule has 0 heterocycles. The van der Waals surface area contributed by atoms with Crippen LogP contribution in [-0.4, -0.2) is 27.0 Å². The number of nitrogens with one attached hydrogen (secondary N) is 3. The Balaban J connectivity index is 1.73. The topological polar surface area (TPSA) is 114 Å². The number of carbonyl (C=O) groups excluding carboxylic acids is 2. The molecule has 0 aliphatic heterocycles. The number of amides is 2. The highest BCUT2D eigenvalue weighted by atomic mass is 35.5. The van der Waals surface area contributed by atoms with Crippen molar-refractivity contribution in [3.05, 3.63) is 83.4 Å². The van der Waals surface area contributed by atoms with Crippen molar-refractivity contribution in [2.45, 2.75) is 11.8 Å². The molecule has 0 bridgehead atoms. The largest absolute Gasteiger partial charge is 0.450 e. The van der Waals surface area contributed by atoms with Crippen molar-refractivity contribution in [1.82, 2.24) is 0 Å². The lowest BCUT2D eigenvalue weighted by atomic mass is 10.2. The standard InChI is InChI=1S/C22H20ClN3O5S/c1-2-31-22(28)25-18-6-3-5-15(13-18)21(27)24-19-7-4-8-20(14-19)32(29,30)26-17-11-9-16(23)10-12-17/h3-14,26H,2H2,1H3,(H,24,27)(H,25,28). The highest BCUT2D eigenvalue weighted by molar-refractivity contribution is 7.92. The van der Waals surface area contributed by atoms with E-state index in [1.165, 1.54) is 24.3 Å². The van der Waals surface area contributed by atoms with Crippen LogP contribution < -0.4 is 15.4 Å². The van der Waals surface area contributed by atoms with Crippen LogP contribution in [0.25, 0.3) is 0 Å². The van der Waals surface area contributed by atoms with Crippen LogP contribution in [0.15, 0.2) is 77.7 Å². The van der Waals surface area contributed by atoms with E-state index >= 15 is 0 Å². The van der Waals surface area contributed by atoms with Gasteiger partial charge in [-0.3, -0.25) is 14.8 Å². The fraction of sp³-hybridized carbons (Fsp3) is 0.0909. The number of halogens is 1. The zero-order valence-corrected chi connectivity index (χ0v) is 18.5. The summed E-state index contributed by atoms with van der Waals surface area (Å²) < 4.78 is 32.6. The first-order valence-electron chi connectivity index (χ1n) is 9.50. The van der Waals surface area contributed by atoms with E-state index in [1.807, 2.05) is 0 Å². The fourth-order valence-corrected chi connectivity index (χ4v) is 3.93. The van der Waals surface area contributed by atoms with Crippen LogP contribution in [0.5, 0.6) is 0 Å². The van der Waals surface area contributed by atoms with E-state index in [0.29, 0.717) is 16.4 Å². The van der Waals surface area contributed by atoms with Gasteiger partial charge in [-0.15, -0.1) is 0 Å². The van der Waals surface area contributed by atoms with Gasteiger partial charge in [0, 0.05) is 27.6 Å². The summed E-state index contributed by atoms with van der Waals surface area (Å²) in [4.78, 5) is 24.2. The highest BCUT2D eigenvalue weighted by Crippen LogP contribution is 2.21. The predicted molar refractivity (Wildman–Crippen MR) is 124 cm³/mol. The fourth-order valence-electron chi connectivity index (χ4n) is 2.70. The number of hydrogen-bond acceptors (Lipinski definition) is 5. The van der Waals surface area contributed by atoms with Crippen molar-refractivity contribution in [3.63, 3.8) is 0 Å². The number of carbonyl (C=O) groups is 2. The zero-order valence-electron chi connectivity index (χ0n) is 17.0. The molecule has 0 fully saturated rings.